The lowest BCUT2D eigenvalue weighted by atomic mass is 9.99. The highest BCUT2D eigenvalue weighted by Gasteiger charge is 2.31. The van der Waals surface area contributed by atoms with Crippen LogP contribution in [0.2, 0.25) is 0 Å². The Labute approximate surface area is 795 Å². The van der Waals surface area contributed by atoms with E-state index in [1.54, 1.807) is 111 Å². The number of urea groups is 8. The predicted molar refractivity (Wildman–Crippen MR) is 528 cm³/mol. The van der Waals surface area contributed by atoms with Gasteiger partial charge < -0.3 is 69.3 Å². The molecule has 1 saturated carbocycles. The maximum atomic E-state index is 12.9. The molecule has 0 bridgehead atoms. The van der Waals surface area contributed by atoms with E-state index in [1.165, 1.54) is 43.9 Å². The van der Waals surface area contributed by atoms with Gasteiger partial charge in [0.05, 0.1) is 36.0 Å². The van der Waals surface area contributed by atoms with Crippen LogP contribution in [0.3, 0.4) is 0 Å². The van der Waals surface area contributed by atoms with Crippen LogP contribution in [0.4, 0.5) is 71.7 Å². The van der Waals surface area contributed by atoms with E-state index in [0.29, 0.717) is 41.4 Å². The number of carbonyl (C=O) groups is 8. The molecule has 1 aliphatic carbocycles. The van der Waals surface area contributed by atoms with Crippen molar-refractivity contribution < 1.29 is 51.6 Å². The monoisotopic (exact) mass is 1850 g/mol. The SMILES string of the molecule is CC1CCN(C(=O)N(C)C)CC1.CC1CCN(C(=O)N(C)c2cccc(C#N)c2)CC1.CC1CCN(C(=O)N(C)c2ccccc2)CC1.CC1CCN(C(=O)N(C)c2ccco2)CC1.CC1CCN(C(=O)NCc2ccccc2)CC1.CC1CCN(C(=O)Nc2cccc(F)c2)CC1.CC1CCN(C(=O)Nc2ncco2)CC1.CC1CCN(C(N)=O)CC1.C[C@H]1CCC(c2cn[nH]n2)C1. The molecular weight excluding hydrogens is 1700 g/mol. The van der Waals surface area contributed by atoms with Crippen LogP contribution in [0.1, 0.15) is 207 Å². The van der Waals surface area contributed by atoms with E-state index in [9.17, 15) is 42.7 Å². The van der Waals surface area contributed by atoms with E-state index >= 15 is 0 Å². The summed E-state index contributed by atoms with van der Waals surface area (Å²) in [4.78, 5) is 120. The minimum atomic E-state index is -0.338. The Morgan fingerprint density at radius 3 is 1.24 bits per heavy atom. The maximum Gasteiger partial charge on any atom is 0.326 e. The number of nitriles is 1. The fraction of sp³-hybridized carbons (Fsp3) is 0.588. The zero-order chi connectivity index (χ0) is 97.0. The average molecular weight is 1850 g/mol. The molecule has 1 unspecified atom stereocenters. The third-order valence-electron chi connectivity index (χ3n) is 26.7. The molecule has 4 aromatic carbocycles. The summed E-state index contributed by atoms with van der Waals surface area (Å²) in [5.74, 6) is 7.71. The normalized spacial score (nSPS) is 18.6. The van der Waals surface area contributed by atoms with Crippen LogP contribution in [0.5, 0.6) is 0 Å². The van der Waals surface area contributed by atoms with E-state index in [1.807, 2.05) is 104 Å². The van der Waals surface area contributed by atoms with Crippen molar-refractivity contribution in [2.75, 3.05) is 165 Å². The highest BCUT2D eigenvalue weighted by molar-refractivity contribution is 5.93. The Hall–Kier alpha value is -11.9. The number of para-hydroxylation sites is 1. The van der Waals surface area contributed by atoms with Gasteiger partial charge in [0.1, 0.15) is 12.1 Å². The number of nitrogens with zero attached hydrogens (tertiary/aromatic N) is 16. The van der Waals surface area contributed by atoms with Gasteiger partial charge in [0, 0.05) is 176 Å². The molecule has 31 nitrogen and oxygen atoms in total. The molecule has 734 valence electrons. The van der Waals surface area contributed by atoms with E-state index in [4.69, 9.17) is 19.8 Å². The molecular formula is C102H154FN21O10. The van der Waals surface area contributed by atoms with Gasteiger partial charge in [-0.25, -0.2) is 47.7 Å². The van der Waals surface area contributed by atoms with Crippen molar-refractivity contribution in [1.29, 1.82) is 5.26 Å². The molecule has 16 rings (SSSR count). The number of nitrogens with two attached hydrogens (primary N) is 1. The lowest BCUT2D eigenvalue weighted by molar-refractivity contribution is 0.150. The van der Waals surface area contributed by atoms with Gasteiger partial charge in [0.2, 0.25) is 5.88 Å². The first-order valence-electron chi connectivity index (χ1n) is 48.7. The van der Waals surface area contributed by atoms with Gasteiger partial charge in [-0.2, -0.15) is 20.7 Å². The fourth-order valence-corrected chi connectivity index (χ4v) is 16.8. The lowest BCUT2D eigenvalue weighted by Crippen LogP contribution is -2.45. The van der Waals surface area contributed by atoms with Gasteiger partial charge in [-0.05, 0) is 229 Å². The van der Waals surface area contributed by atoms with Gasteiger partial charge in [0.25, 0.3) is 0 Å². The highest BCUT2D eigenvalue weighted by atomic mass is 19.1. The molecule has 0 spiro atoms. The van der Waals surface area contributed by atoms with E-state index in [0.717, 1.165) is 272 Å². The number of aromatic amines is 1. The van der Waals surface area contributed by atoms with Crippen LogP contribution in [0.15, 0.2) is 155 Å². The van der Waals surface area contributed by atoms with Crippen LogP contribution in [-0.2, 0) is 6.54 Å². The Kier molecular flexibility index (Phi) is 45.7. The Bertz CT molecular complexity index is 4580. The van der Waals surface area contributed by atoms with Crippen LogP contribution in [0, 0.1) is 70.4 Å². The van der Waals surface area contributed by atoms with Crippen LogP contribution in [-0.4, -0.2) is 253 Å². The quantitative estimate of drug-likeness (QED) is 0.0944. The maximum absolute atomic E-state index is 12.9. The first-order chi connectivity index (χ1) is 64.3. The van der Waals surface area contributed by atoms with Crippen molar-refractivity contribution in [2.45, 2.75) is 197 Å². The summed E-state index contributed by atoms with van der Waals surface area (Å²) in [6.45, 7) is 34.4. The molecule has 0 radical (unpaired) electrons. The van der Waals surface area contributed by atoms with Crippen molar-refractivity contribution in [3.8, 4) is 6.07 Å². The predicted octanol–water partition coefficient (Wildman–Crippen LogP) is 19.9. The summed E-state index contributed by atoms with van der Waals surface area (Å²) >= 11 is 0. The molecule has 9 fully saturated rings. The van der Waals surface area contributed by atoms with Gasteiger partial charge in [0.15, 0.2) is 0 Å². The number of nitrogens with one attached hydrogen (secondary N) is 4. The fourth-order valence-electron chi connectivity index (χ4n) is 16.8. The first-order valence-corrected chi connectivity index (χ1v) is 48.7. The number of halogens is 1. The standard InChI is InChI=1S/C15H19N3O.2C14H20N2O.C13H17FN2O.C12H18N2O2.C10H15N3O2.C9H18N2O.C8H13N3.C7H14N2O/c1-12-6-8-18(9-7-12)15(19)17(2)14-5-3-4-13(10-14)11-16;1-12-8-10-16(11-9-12)14(17)15(2)13-6-4-3-5-7-13;1-12-7-9-16(10-8-12)14(17)15-11-13-5-3-2-4-6-13;1-10-5-7-16(8-6-10)13(17)15-12-4-2-3-11(14)9-12;1-10-5-7-14(8-6-10)12(15)13(2)11-4-3-9-16-11;1-8-2-5-13(6-3-8)10(14)12-9-11-4-7-15-9;1-8-4-6-11(7-5-8)9(12)10(2)3;1-6-2-3-7(4-6)8-5-9-11-10-8;1-6-2-4-9(5-3-6)7(8)10/h3-5,10,12H,6-9H2,1-2H3;3-7,12H,8-11H2,1-2H3;2-6,12H,7-11H2,1H3,(H,15,17);2-4,9-10H,5-8H2,1H3,(H,15,17);3-4,9-10H,5-8H2,1-2H3;4,7-8H,2-3,5-6H2,1H3,(H,11,12,14);8H,4-7H2,1-3H3;5-7H,2-4H2,1H3,(H,9,10,11);6H,2-5H2,1H3,(H2,8,10)/t;;;;;;;6-,7?;/m.......0./s1. The smallest absolute Gasteiger partial charge is 0.326 e. The molecule has 9 aliphatic rings. The summed E-state index contributed by atoms with van der Waals surface area (Å²) in [6.07, 6.45) is 27.8. The topological polar surface area (TPSA) is 342 Å². The number of rotatable bonds is 8. The third-order valence-corrected chi connectivity index (χ3v) is 26.7. The number of H-pyrrole nitrogens is 1. The summed E-state index contributed by atoms with van der Waals surface area (Å²) in [7, 11) is 8.96. The van der Waals surface area contributed by atoms with Gasteiger partial charge >= 0.3 is 54.3 Å². The van der Waals surface area contributed by atoms with Crippen molar-refractivity contribution in [1.82, 2.24) is 69.8 Å². The molecule has 6 N–H and O–H groups in total. The number of aromatic nitrogens is 4. The number of amides is 16. The van der Waals surface area contributed by atoms with Gasteiger partial charge in [-0.3, -0.25) is 20.0 Å². The largest absolute Gasteiger partial charge is 0.448 e. The van der Waals surface area contributed by atoms with E-state index < -0.39 is 0 Å². The summed E-state index contributed by atoms with van der Waals surface area (Å²) in [5, 5.41) is 27.8. The van der Waals surface area contributed by atoms with E-state index in [2.05, 4.69) is 105 Å². The van der Waals surface area contributed by atoms with Gasteiger partial charge in [-0.1, -0.05) is 129 Å². The minimum Gasteiger partial charge on any atom is -0.448 e. The van der Waals surface area contributed by atoms with Crippen molar-refractivity contribution >= 4 is 77.2 Å². The Morgan fingerprint density at radius 1 is 0.433 bits per heavy atom. The van der Waals surface area contributed by atoms with Crippen LogP contribution >= 0.6 is 0 Å². The lowest BCUT2D eigenvalue weighted by Gasteiger charge is -2.33. The second-order valence-electron chi connectivity index (χ2n) is 38.2. The van der Waals surface area contributed by atoms with Crippen molar-refractivity contribution in [3.63, 3.8) is 0 Å². The molecule has 3 aromatic heterocycles. The number of hydrogen-bond acceptors (Lipinski definition) is 14. The Morgan fingerprint density at radius 2 is 0.843 bits per heavy atom. The third kappa shape index (κ3) is 37.5. The molecule has 16 amide bonds. The van der Waals surface area contributed by atoms with Crippen molar-refractivity contribution in [3.05, 3.63) is 169 Å². The summed E-state index contributed by atoms with van der Waals surface area (Å²) in [6, 6.07) is 38.7. The van der Waals surface area contributed by atoms with Crippen LogP contribution < -0.4 is 36.4 Å². The molecule has 2 atom stereocenters. The molecule has 11 heterocycles. The second-order valence-corrected chi connectivity index (χ2v) is 38.2. The number of likely N-dealkylation sites (tertiary alicyclic amines) is 8. The first kappa shape index (κ1) is 107. The zero-order valence-electron chi connectivity index (χ0n) is 82.3. The molecule has 32 heteroatoms. The number of hydrogen-bond donors (Lipinski definition) is 5. The van der Waals surface area contributed by atoms with Crippen LogP contribution in [0.25, 0.3) is 0 Å². The van der Waals surface area contributed by atoms with Crippen molar-refractivity contribution in [2.24, 2.45) is 59.0 Å². The molecule has 134 heavy (non-hydrogen) atoms. The average Bonchev–Trinajstić information content (AvgIpc) is 1.65. The number of oxazole rings is 1. The molecule has 7 aromatic rings. The van der Waals surface area contributed by atoms with Gasteiger partial charge in [-0.15, -0.1) is 0 Å². The summed E-state index contributed by atoms with van der Waals surface area (Å²) < 4.78 is 23.1. The summed E-state index contributed by atoms with van der Waals surface area (Å²) in [5.41, 5.74) is 10.2. The number of carbonyl (C=O) groups excluding carboxylic acids is 8. The number of benzene rings is 4. The molecule has 8 aliphatic heterocycles. The number of primary amides is 1. The minimum absolute atomic E-state index is 0.0157. The van der Waals surface area contributed by atoms with E-state index in [-0.39, 0.29) is 60.1 Å². The number of anilines is 5. The number of furan rings is 1. The second kappa shape index (κ2) is 57.0. The zero-order valence-corrected chi connectivity index (χ0v) is 82.3. The highest BCUT2D eigenvalue weighted by Crippen LogP contribution is 2.37. The number of piperidine rings is 8. The molecule has 8 saturated heterocycles. The Balaban J connectivity index is 0.000000187.